The molecule has 0 saturated heterocycles. The Morgan fingerprint density at radius 2 is 2.24 bits per heavy atom. The number of nitrogen functional groups attached to an aromatic ring is 1. The third-order valence-electron chi connectivity index (χ3n) is 2.48. The van der Waals surface area contributed by atoms with Gasteiger partial charge in [-0.3, -0.25) is 4.68 Å². The fourth-order valence-corrected chi connectivity index (χ4v) is 2.67. The molecule has 0 bridgehead atoms. The van der Waals surface area contributed by atoms with Gasteiger partial charge in [-0.2, -0.15) is 5.10 Å². The first-order valence-electron chi connectivity index (χ1n) is 5.24. The van der Waals surface area contributed by atoms with Gasteiger partial charge in [-0.05, 0) is 25.1 Å². The van der Waals surface area contributed by atoms with E-state index >= 15 is 0 Å². The van der Waals surface area contributed by atoms with Crippen LogP contribution in [0.2, 0.25) is 0 Å². The highest BCUT2D eigenvalue weighted by Crippen LogP contribution is 2.27. The van der Waals surface area contributed by atoms with Gasteiger partial charge in [0, 0.05) is 24.1 Å². The Morgan fingerprint density at radius 3 is 2.82 bits per heavy atom. The lowest BCUT2D eigenvalue weighted by molar-refractivity contribution is 0.618. The highest BCUT2D eigenvalue weighted by atomic mass is 32.2. The Labute approximate surface area is 104 Å². The summed E-state index contributed by atoms with van der Waals surface area (Å²) in [6.45, 7) is 1.93. The van der Waals surface area contributed by atoms with Crippen LogP contribution in [0.1, 0.15) is 11.3 Å². The van der Waals surface area contributed by atoms with E-state index in [1.807, 2.05) is 20.0 Å². The van der Waals surface area contributed by atoms with Crippen molar-refractivity contribution >= 4 is 17.4 Å². The SMILES string of the molecule is Cc1cc(SCc2c(N)cccc2F)n(C)n1. The number of aryl methyl sites for hydroxylation is 2. The van der Waals surface area contributed by atoms with Crippen molar-refractivity contribution in [1.82, 2.24) is 9.78 Å². The lowest BCUT2D eigenvalue weighted by Crippen LogP contribution is -1.97. The molecule has 5 heteroatoms. The van der Waals surface area contributed by atoms with Crippen LogP contribution in [0.15, 0.2) is 29.3 Å². The predicted molar refractivity (Wildman–Crippen MR) is 68.3 cm³/mol. The van der Waals surface area contributed by atoms with Gasteiger partial charge in [-0.15, -0.1) is 11.8 Å². The number of hydrogen-bond acceptors (Lipinski definition) is 3. The van der Waals surface area contributed by atoms with Gasteiger partial charge in [0.05, 0.1) is 10.7 Å². The van der Waals surface area contributed by atoms with E-state index in [1.54, 1.807) is 16.8 Å². The number of anilines is 1. The summed E-state index contributed by atoms with van der Waals surface area (Å²) in [5.74, 6) is 0.258. The van der Waals surface area contributed by atoms with E-state index in [4.69, 9.17) is 5.73 Å². The topological polar surface area (TPSA) is 43.8 Å². The molecule has 0 saturated carbocycles. The van der Waals surface area contributed by atoms with E-state index in [-0.39, 0.29) is 5.82 Å². The molecular formula is C12H14FN3S. The lowest BCUT2D eigenvalue weighted by atomic mass is 10.2. The second-order valence-corrected chi connectivity index (χ2v) is 4.84. The summed E-state index contributed by atoms with van der Waals surface area (Å²) in [6, 6.07) is 6.74. The second-order valence-electron chi connectivity index (χ2n) is 3.84. The highest BCUT2D eigenvalue weighted by molar-refractivity contribution is 7.98. The van der Waals surface area contributed by atoms with Gasteiger partial charge in [-0.25, -0.2) is 4.39 Å². The fourth-order valence-electron chi connectivity index (χ4n) is 1.60. The minimum atomic E-state index is -0.253. The molecule has 0 aliphatic carbocycles. The Morgan fingerprint density at radius 1 is 1.47 bits per heavy atom. The van der Waals surface area contributed by atoms with Crippen molar-refractivity contribution in [3.8, 4) is 0 Å². The maximum absolute atomic E-state index is 13.5. The normalized spacial score (nSPS) is 10.8. The van der Waals surface area contributed by atoms with Crippen LogP contribution >= 0.6 is 11.8 Å². The first-order chi connectivity index (χ1) is 8.08. The van der Waals surface area contributed by atoms with E-state index in [2.05, 4.69) is 5.10 Å². The van der Waals surface area contributed by atoms with Gasteiger partial charge in [0.25, 0.3) is 0 Å². The van der Waals surface area contributed by atoms with Crippen molar-refractivity contribution < 1.29 is 4.39 Å². The quantitative estimate of drug-likeness (QED) is 0.674. The maximum atomic E-state index is 13.5. The zero-order chi connectivity index (χ0) is 12.4. The fraction of sp³-hybridized carbons (Fsp3) is 0.250. The van der Waals surface area contributed by atoms with Crippen molar-refractivity contribution in [2.45, 2.75) is 17.7 Å². The first kappa shape index (κ1) is 12.0. The Kier molecular flexibility index (Phi) is 3.38. The Bertz CT molecular complexity index is 516. The summed E-state index contributed by atoms with van der Waals surface area (Å²) in [4.78, 5) is 0. The van der Waals surface area contributed by atoms with Crippen LogP contribution in [0.4, 0.5) is 10.1 Å². The number of hydrogen-bond donors (Lipinski definition) is 1. The van der Waals surface area contributed by atoms with E-state index in [0.717, 1.165) is 10.7 Å². The van der Waals surface area contributed by atoms with E-state index < -0.39 is 0 Å². The predicted octanol–water partition coefficient (Wildman–Crippen LogP) is 2.74. The minimum Gasteiger partial charge on any atom is -0.398 e. The number of aromatic nitrogens is 2. The third-order valence-corrected chi connectivity index (χ3v) is 3.59. The van der Waals surface area contributed by atoms with Crippen LogP contribution in [0.3, 0.4) is 0 Å². The van der Waals surface area contributed by atoms with Gasteiger partial charge in [0.1, 0.15) is 5.82 Å². The molecule has 1 aromatic carbocycles. The summed E-state index contributed by atoms with van der Waals surface area (Å²) in [6.07, 6.45) is 0. The van der Waals surface area contributed by atoms with Crippen LogP contribution < -0.4 is 5.73 Å². The van der Waals surface area contributed by atoms with Crippen molar-refractivity contribution in [3.63, 3.8) is 0 Å². The average Bonchev–Trinajstić information content (AvgIpc) is 2.57. The molecule has 17 heavy (non-hydrogen) atoms. The molecule has 2 aromatic rings. The standard InChI is InChI=1S/C12H14FN3S/c1-8-6-12(16(2)15-8)17-7-9-10(13)4-3-5-11(9)14/h3-6H,7,14H2,1-2H3. The van der Waals surface area contributed by atoms with Crippen molar-refractivity contribution in [2.24, 2.45) is 7.05 Å². The largest absolute Gasteiger partial charge is 0.398 e. The van der Waals surface area contributed by atoms with Crippen molar-refractivity contribution in [1.29, 1.82) is 0 Å². The summed E-state index contributed by atoms with van der Waals surface area (Å²) in [7, 11) is 1.88. The average molecular weight is 251 g/mol. The van der Waals surface area contributed by atoms with Crippen molar-refractivity contribution in [3.05, 3.63) is 41.3 Å². The molecule has 2 N–H and O–H groups in total. The summed E-state index contributed by atoms with van der Waals surface area (Å²) in [5, 5.41) is 5.24. The molecule has 0 aliphatic heterocycles. The summed E-state index contributed by atoms with van der Waals surface area (Å²) >= 11 is 1.53. The molecule has 3 nitrogen and oxygen atoms in total. The van der Waals surface area contributed by atoms with E-state index in [0.29, 0.717) is 17.0 Å². The zero-order valence-electron chi connectivity index (χ0n) is 9.77. The molecule has 0 spiro atoms. The minimum absolute atomic E-state index is 0.253. The molecule has 0 atom stereocenters. The maximum Gasteiger partial charge on any atom is 0.129 e. The van der Waals surface area contributed by atoms with Gasteiger partial charge < -0.3 is 5.73 Å². The van der Waals surface area contributed by atoms with E-state index in [9.17, 15) is 4.39 Å². The molecule has 0 fully saturated rings. The second kappa shape index (κ2) is 4.79. The Hall–Kier alpha value is -1.49. The number of benzene rings is 1. The van der Waals surface area contributed by atoms with Gasteiger partial charge >= 0.3 is 0 Å². The molecule has 1 heterocycles. The number of rotatable bonds is 3. The van der Waals surface area contributed by atoms with Gasteiger partial charge in [0.15, 0.2) is 0 Å². The van der Waals surface area contributed by atoms with Gasteiger partial charge in [0.2, 0.25) is 0 Å². The van der Waals surface area contributed by atoms with Crippen LogP contribution in [0, 0.1) is 12.7 Å². The molecule has 0 aliphatic rings. The smallest absolute Gasteiger partial charge is 0.129 e. The molecular weight excluding hydrogens is 237 g/mol. The molecule has 0 amide bonds. The van der Waals surface area contributed by atoms with E-state index in [1.165, 1.54) is 17.8 Å². The molecule has 2 rings (SSSR count). The van der Waals surface area contributed by atoms with Crippen molar-refractivity contribution in [2.75, 3.05) is 5.73 Å². The van der Waals surface area contributed by atoms with Crippen LogP contribution in [0.25, 0.3) is 0 Å². The Balaban J connectivity index is 2.15. The summed E-state index contributed by atoms with van der Waals surface area (Å²) in [5.41, 5.74) is 7.76. The number of nitrogens with two attached hydrogens (primary N) is 1. The number of halogens is 1. The monoisotopic (exact) mass is 251 g/mol. The molecule has 1 aromatic heterocycles. The third kappa shape index (κ3) is 2.61. The van der Waals surface area contributed by atoms with Crippen LogP contribution in [-0.2, 0) is 12.8 Å². The van der Waals surface area contributed by atoms with Crippen LogP contribution in [-0.4, -0.2) is 9.78 Å². The zero-order valence-corrected chi connectivity index (χ0v) is 10.6. The summed E-state index contributed by atoms with van der Waals surface area (Å²) < 4.78 is 15.3. The molecule has 0 unspecified atom stereocenters. The number of thioether (sulfide) groups is 1. The van der Waals surface area contributed by atoms with Gasteiger partial charge in [-0.1, -0.05) is 6.07 Å². The first-order valence-corrected chi connectivity index (χ1v) is 6.23. The van der Waals surface area contributed by atoms with Crippen LogP contribution in [0.5, 0.6) is 0 Å². The lowest BCUT2D eigenvalue weighted by Gasteiger charge is -2.06. The molecule has 90 valence electrons. The number of nitrogens with zero attached hydrogens (tertiary/aromatic N) is 2. The molecule has 0 radical (unpaired) electrons. The highest BCUT2D eigenvalue weighted by Gasteiger charge is 2.08.